The van der Waals surface area contributed by atoms with Gasteiger partial charge in [0, 0.05) is 22.8 Å². The van der Waals surface area contributed by atoms with Gasteiger partial charge in [-0.3, -0.25) is 9.59 Å². The van der Waals surface area contributed by atoms with Gasteiger partial charge in [0.15, 0.2) is 0 Å². The fourth-order valence-electron chi connectivity index (χ4n) is 3.95. The highest BCUT2D eigenvalue weighted by atomic mass is 35.5. The van der Waals surface area contributed by atoms with Crippen molar-refractivity contribution in [1.29, 1.82) is 0 Å². The molecule has 0 bridgehead atoms. The maximum absolute atomic E-state index is 13.2. The molecule has 0 radical (unpaired) electrons. The molecule has 128 valence electrons. The molecule has 25 heavy (non-hydrogen) atoms. The Labute approximate surface area is 151 Å². The van der Waals surface area contributed by atoms with Gasteiger partial charge in [0.25, 0.3) is 5.91 Å². The topological polar surface area (TPSA) is 58.2 Å². The van der Waals surface area contributed by atoms with E-state index >= 15 is 0 Å². The molecule has 0 aromatic heterocycles. The van der Waals surface area contributed by atoms with Crippen LogP contribution in [0.5, 0.6) is 0 Å². The third-order valence-electron chi connectivity index (χ3n) is 5.32. The van der Waals surface area contributed by atoms with E-state index in [0.717, 1.165) is 36.8 Å². The summed E-state index contributed by atoms with van der Waals surface area (Å²) in [4.78, 5) is 25.0. The van der Waals surface area contributed by atoms with Gasteiger partial charge >= 0.3 is 0 Å². The third-order valence-corrected chi connectivity index (χ3v) is 5.56. The van der Waals surface area contributed by atoms with Gasteiger partial charge in [0.1, 0.15) is 0 Å². The first kappa shape index (κ1) is 16.2. The summed E-state index contributed by atoms with van der Waals surface area (Å²) in [7, 11) is 0. The zero-order valence-corrected chi connectivity index (χ0v) is 14.5. The Morgan fingerprint density at radius 2 is 1.92 bits per heavy atom. The van der Waals surface area contributed by atoms with Crippen LogP contribution in [0.15, 0.2) is 42.5 Å². The van der Waals surface area contributed by atoms with Gasteiger partial charge in [-0.15, -0.1) is 0 Å². The molecule has 0 saturated heterocycles. The summed E-state index contributed by atoms with van der Waals surface area (Å²) >= 11 is 6.15. The van der Waals surface area contributed by atoms with Gasteiger partial charge in [-0.2, -0.15) is 0 Å². The van der Waals surface area contributed by atoms with Gasteiger partial charge < -0.3 is 10.6 Å². The van der Waals surface area contributed by atoms with Crippen LogP contribution in [0.3, 0.4) is 0 Å². The van der Waals surface area contributed by atoms with E-state index in [2.05, 4.69) is 10.6 Å². The quantitative estimate of drug-likeness (QED) is 0.874. The van der Waals surface area contributed by atoms with Crippen LogP contribution < -0.4 is 10.6 Å². The maximum atomic E-state index is 13.2. The molecule has 2 N–H and O–H groups in total. The highest BCUT2D eigenvalue weighted by Gasteiger charge is 2.42. The molecule has 2 amide bonds. The zero-order valence-electron chi connectivity index (χ0n) is 13.8. The van der Waals surface area contributed by atoms with E-state index in [0.29, 0.717) is 22.8 Å². The molecule has 1 heterocycles. The van der Waals surface area contributed by atoms with Crippen molar-refractivity contribution in [3.8, 4) is 0 Å². The van der Waals surface area contributed by atoms with Crippen LogP contribution in [-0.2, 0) is 16.8 Å². The summed E-state index contributed by atoms with van der Waals surface area (Å²) in [6.07, 6.45) is 3.66. The number of nitrogens with one attached hydrogen (secondary N) is 2. The number of amides is 2. The van der Waals surface area contributed by atoms with Crippen LogP contribution in [0.1, 0.15) is 47.2 Å². The van der Waals surface area contributed by atoms with E-state index in [4.69, 9.17) is 11.6 Å². The smallest absolute Gasteiger partial charge is 0.251 e. The predicted molar refractivity (Wildman–Crippen MR) is 97.8 cm³/mol. The highest BCUT2D eigenvalue weighted by Crippen LogP contribution is 2.42. The second-order valence-corrected chi connectivity index (χ2v) is 7.24. The van der Waals surface area contributed by atoms with E-state index < -0.39 is 5.41 Å². The van der Waals surface area contributed by atoms with Crippen molar-refractivity contribution >= 4 is 29.1 Å². The first-order valence-electron chi connectivity index (χ1n) is 8.57. The number of anilines is 1. The number of benzene rings is 2. The van der Waals surface area contributed by atoms with Crippen molar-refractivity contribution in [2.75, 3.05) is 5.32 Å². The van der Waals surface area contributed by atoms with Crippen molar-refractivity contribution in [2.45, 2.75) is 37.6 Å². The number of halogens is 1. The number of hydrogen-bond acceptors (Lipinski definition) is 2. The molecular formula is C20H19ClN2O2. The van der Waals surface area contributed by atoms with Crippen molar-refractivity contribution < 1.29 is 9.59 Å². The lowest BCUT2D eigenvalue weighted by Gasteiger charge is -2.28. The second kappa shape index (κ2) is 6.19. The Balaban J connectivity index is 1.64. The van der Waals surface area contributed by atoms with E-state index in [-0.39, 0.29) is 11.8 Å². The van der Waals surface area contributed by atoms with Crippen molar-refractivity contribution in [1.82, 2.24) is 5.32 Å². The molecule has 1 fully saturated rings. The largest absolute Gasteiger partial charge is 0.348 e. The molecule has 2 aliphatic rings. The fourth-order valence-corrected chi connectivity index (χ4v) is 4.14. The molecule has 1 aliphatic heterocycles. The van der Waals surface area contributed by atoms with Gasteiger partial charge in [-0.25, -0.2) is 0 Å². The molecule has 5 heteroatoms. The van der Waals surface area contributed by atoms with Crippen LogP contribution in [0.4, 0.5) is 5.69 Å². The average molecular weight is 355 g/mol. The molecule has 0 unspecified atom stereocenters. The Bertz CT molecular complexity index is 857. The lowest BCUT2D eigenvalue weighted by Crippen LogP contribution is -2.38. The molecule has 4 nitrogen and oxygen atoms in total. The van der Waals surface area contributed by atoms with Gasteiger partial charge in [0.2, 0.25) is 5.91 Å². The first-order valence-corrected chi connectivity index (χ1v) is 8.95. The highest BCUT2D eigenvalue weighted by molar-refractivity contribution is 6.30. The summed E-state index contributed by atoms with van der Waals surface area (Å²) in [5.41, 5.74) is 2.68. The Kier molecular flexibility index (Phi) is 4.00. The number of hydrogen-bond donors (Lipinski definition) is 2. The Hall–Kier alpha value is -2.33. The lowest BCUT2D eigenvalue weighted by atomic mass is 9.78. The number of carbonyl (C=O) groups excluding carboxylic acids is 2. The molecule has 1 aliphatic carbocycles. The average Bonchev–Trinajstić information content (AvgIpc) is 3.23. The standard InChI is InChI=1S/C20H19ClN2O2/c21-15-5-3-4-14(10-15)20(8-1-2-9-20)19(25)23-16-7-6-13-12-22-18(24)17(13)11-16/h3-7,10-11H,1-2,8-9,12H2,(H,22,24)(H,23,25). The molecular weight excluding hydrogens is 336 g/mol. The Morgan fingerprint density at radius 1 is 1.12 bits per heavy atom. The summed E-state index contributed by atoms with van der Waals surface area (Å²) in [5.74, 6) is -0.109. The van der Waals surface area contributed by atoms with E-state index in [1.54, 1.807) is 6.07 Å². The molecule has 0 atom stereocenters. The minimum Gasteiger partial charge on any atom is -0.348 e. The fraction of sp³-hybridized carbons (Fsp3) is 0.300. The van der Waals surface area contributed by atoms with Crippen molar-refractivity contribution in [2.24, 2.45) is 0 Å². The van der Waals surface area contributed by atoms with Gasteiger partial charge in [-0.05, 0) is 48.2 Å². The Morgan fingerprint density at radius 3 is 2.68 bits per heavy atom. The molecule has 2 aromatic rings. The summed E-state index contributed by atoms with van der Waals surface area (Å²) in [5, 5.41) is 6.47. The maximum Gasteiger partial charge on any atom is 0.251 e. The first-order chi connectivity index (χ1) is 12.1. The summed E-state index contributed by atoms with van der Waals surface area (Å²) < 4.78 is 0. The van der Waals surface area contributed by atoms with Gasteiger partial charge in [0.05, 0.1) is 5.41 Å². The SMILES string of the molecule is O=C1NCc2ccc(NC(=O)C3(c4cccc(Cl)c4)CCCC3)cc21. The molecule has 4 rings (SSSR count). The third kappa shape index (κ3) is 2.81. The molecule has 1 saturated carbocycles. The normalized spacial score (nSPS) is 17.9. The second-order valence-electron chi connectivity index (χ2n) is 6.81. The van der Waals surface area contributed by atoms with E-state index in [1.807, 2.05) is 36.4 Å². The minimum absolute atomic E-state index is 0.0226. The molecule has 2 aromatic carbocycles. The zero-order chi connectivity index (χ0) is 17.4. The van der Waals surface area contributed by atoms with Crippen LogP contribution in [0.25, 0.3) is 0 Å². The van der Waals surface area contributed by atoms with Crippen molar-refractivity contribution in [3.05, 3.63) is 64.2 Å². The monoisotopic (exact) mass is 354 g/mol. The van der Waals surface area contributed by atoms with Crippen LogP contribution in [0, 0.1) is 0 Å². The van der Waals surface area contributed by atoms with Crippen LogP contribution >= 0.6 is 11.6 Å². The van der Waals surface area contributed by atoms with E-state index in [9.17, 15) is 9.59 Å². The van der Waals surface area contributed by atoms with Crippen molar-refractivity contribution in [3.63, 3.8) is 0 Å². The summed E-state index contributed by atoms with van der Waals surface area (Å²) in [6, 6.07) is 13.1. The van der Waals surface area contributed by atoms with Gasteiger partial charge in [-0.1, -0.05) is 42.6 Å². The summed E-state index contributed by atoms with van der Waals surface area (Å²) in [6.45, 7) is 0.550. The number of carbonyl (C=O) groups is 2. The number of fused-ring (bicyclic) bond motifs is 1. The van der Waals surface area contributed by atoms with Crippen LogP contribution in [0.2, 0.25) is 5.02 Å². The number of rotatable bonds is 3. The lowest BCUT2D eigenvalue weighted by molar-refractivity contribution is -0.121. The molecule has 0 spiro atoms. The van der Waals surface area contributed by atoms with E-state index in [1.165, 1.54) is 0 Å². The minimum atomic E-state index is -0.549. The van der Waals surface area contributed by atoms with Crippen LogP contribution in [-0.4, -0.2) is 11.8 Å². The predicted octanol–water partition coefficient (Wildman–Crippen LogP) is 4.03.